The first-order valence-electron chi connectivity index (χ1n) is 5.15. The van der Waals surface area contributed by atoms with Gasteiger partial charge < -0.3 is 10.2 Å². The Hall–Kier alpha value is -1.41. The Bertz CT molecular complexity index is 456. The molecule has 18 heavy (non-hydrogen) atoms. The van der Waals surface area contributed by atoms with E-state index in [0.717, 1.165) is 15.9 Å². The standard InChI is InChI=1S/C10H14BrN3O4/c1-6-10(11)7(13(2)12-6)3-14(4-8(15)16)5-9(17)18/h3-5H2,1-2H3,(H,15,16)(H,17,18). The summed E-state index contributed by atoms with van der Waals surface area (Å²) in [5.74, 6) is -2.13. The van der Waals surface area contributed by atoms with E-state index in [1.165, 1.54) is 4.90 Å². The summed E-state index contributed by atoms with van der Waals surface area (Å²) in [6, 6.07) is 0. The molecule has 0 atom stereocenters. The van der Waals surface area contributed by atoms with Crippen LogP contribution in [-0.4, -0.2) is 49.9 Å². The second-order valence-corrected chi connectivity index (χ2v) is 4.70. The van der Waals surface area contributed by atoms with E-state index in [2.05, 4.69) is 21.0 Å². The molecule has 0 saturated heterocycles. The minimum absolute atomic E-state index is 0.205. The van der Waals surface area contributed by atoms with E-state index >= 15 is 0 Å². The van der Waals surface area contributed by atoms with Gasteiger partial charge in [0.05, 0.1) is 29.0 Å². The molecule has 0 saturated carbocycles. The molecule has 2 N–H and O–H groups in total. The third-order valence-corrected chi connectivity index (χ3v) is 3.38. The van der Waals surface area contributed by atoms with Gasteiger partial charge in [-0.05, 0) is 22.9 Å². The predicted molar refractivity (Wildman–Crippen MR) is 66.2 cm³/mol. The quantitative estimate of drug-likeness (QED) is 0.791. The molecule has 7 nitrogen and oxygen atoms in total. The molecular formula is C10H14BrN3O4. The van der Waals surface area contributed by atoms with Gasteiger partial charge in [0.1, 0.15) is 0 Å². The molecule has 1 aromatic heterocycles. The van der Waals surface area contributed by atoms with Crippen LogP contribution in [0.15, 0.2) is 4.47 Å². The second-order valence-electron chi connectivity index (χ2n) is 3.90. The average molecular weight is 320 g/mol. The molecule has 8 heteroatoms. The van der Waals surface area contributed by atoms with E-state index in [9.17, 15) is 9.59 Å². The van der Waals surface area contributed by atoms with E-state index < -0.39 is 11.9 Å². The van der Waals surface area contributed by atoms with Crippen molar-refractivity contribution in [3.63, 3.8) is 0 Å². The Labute approximate surface area is 112 Å². The maximum Gasteiger partial charge on any atom is 0.317 e. The van der Waals surface area contributed by atoms with Crippen LogP contribution >= 0.6 is 15.9 Å². The van der Waals surface area contributed by atoms with Gasteiger partial charge in [0.2, 0.25) is 0 Å². The molecule has 0 fully saturated rings. The van der Waals surface area contributed by atoms with Crippen LogP contribution in [0.4, 0.5) is 0 Å². The molecule has 0 aliphatic rings. The van der Waals surface area contributed by atoms with E-state index in [4.69, 9.17) is 10.2 Å². The van der Waals surface area contributed by atoms with Gasteiger partial charge in [-0.3, -0.25) is 19.2 Å². The summed E-state index contributed by atoms with van der Waals surface area (Å²) in [5.41, 5.74) is 1.52. The first-order valence-corrected chi connectivity index (χ1v) is 5.94. The summed E-state index contributed by atoms with van der Waals surface area (Å²) >= 11 is 3.36. The van der Waals surface area contributed by atoms with Gasteiger partial charge in [0.15, 0.2) is 0 Å². The highest BCUT2D eigenvalue weighted by Gasteiger charge is 2.18. The van der Waals surface area contributed by atoms with Crippen LogP contribution in [0.3, 0.4) is 0 Å². The van der Waals surface area contributed by atoms with Crippen LogP contribution in [-0.2, 0) is 23.2 Å². The highest BCUT2D eigenvalue weighted by Crippen LogP contribution is 2.21. The number of carboxylic acids is 2. The number of hydrogen-bond acceptors (Lipinski definition) is 4. The van der Waals surface area contributed by atoms with Crippen molar-refractivity contribution in [1.29, 1.82) is 0 Å². The average Bonchev–Trinajstić information content (AvgIpc) is 2.43. The Morgan fingerprint density at radius 2 is 1.83 bits per heavy atom. The minimum atomic E-state index is -1.06. The van der Waals surface area contributed by atoms with Crippen molar-refractivity contribution >= 4 is 27.9 Å². The molecule has 0 amide bonds. The highest BCUT2D eigenvalue weighted by atomic mass is 79.9. The van der Waals surface area contributed by atoms with E-state index in [0.29, 0.717) is 0 Å². The fourth-order valence-corrected chi connectivity index (χ4v) is 2.08. The number of carboxylic acid groups (broad SMARTS) is 2. The summed E-state index contributed by atoms with van der Waals surface area (Å²) in [5, 5.41) is 21.7. The van der Waals surface area contributed by atoms with Gasteiger partial charge >= 0.3 is 11.9 Å². The fraction of sp³-hybridized carbons (Fsp3) is 0.500. The fourth-order valence-electron chi connectivity index (χ4n) is 1.61. The number of aromatic nitrogens is 2. The number of aliphatic carboxylic acids is 2. The van der Waals surface area contributed by atoms with Gasteiger partial charge in [-0.2, -0.15) is 5.10 Å². The monoisotopic (exact) mass is 319 g/mol. The molecule has 0 unspecified atom stereocenters. The molecule has 1 heterocycles. The molecule has 100 valence electrons. The van der Waals surface area contributed by atoms with Crippen molar-refractivity contribution in [2.24, 2.45) is 7.05 Å². The molecule has 1 aromatic rings. The summed E-state index contributed by atoms with van der Waals surface area (Å²) in [6.45, 7) is 1.36. The van der Waals surface area contributed by atoms with E-state index in [-0.39, 0.29) is 19.6 Å². The molecule has 1 rings (SSSR count). The molecule has 0 spiro atoms. The lowest BCUT2D eigenvalue weighted by Gasteiger charge is -2.18. The summed E-state index contributed by atoms with van der Waals surface area (Å²) < 4.78 is 2.38. The maximum absolute atomic E-state index is 10.7. The Kier molecular flexibility index (Phi) is 4.85. The normalized spacial score (nSPS) is 10.9. The van der Waals surface area contributed by atoms with Crippen molar-refractivity contribution < 1.29 is 19.8 Å². The van der Waals surface area contributed by atoms with Crippen molar-refractivity contribution in [3.05, 3.63) is 15.9 Å². The Balaban J connectivity index is 2.88. The van der Waals surface area contributed by atoms with Gasteiger partial charge in [0, 0.05) is 13.6 Å². The molecule has 0 aliphatic heterocycles. The van der Waals surface area contributed by atoms with Crippen molar-refractivity contribution in [2.45, 2.75) is 13.5 Å². The number of aryl methyl sites for hydroxylation is 2. The summed E-state index contributed by atoms with van der Waals surface area (Å²) in [6.07, 6.45) is 0. The van der Waals surface area contributed by atoms with Crippen LogP contribution in [0.1, 0.15) is 11.4 Å². The van der Waals surface area contributed by atoms with Crippen molar-refractivity contribution in [2.75, 3.05) is 13.1 Å². The summed E-state index contributed by atoms with van der Waals surface area (Å²) in [4.78, 5) is 22.7. The van der Waals surface area contributed by atoms with Crippen LogP contribution in [0.25, 0.3) is 0 Å². The molecular weight excluding hydrogens is 306 g/mol. The Morgan fingerprint density at radius 1 is 1.33 bits per heavy atom. The molecule has 0 aliphatic carbocycles. The largest absolute Gasteiger partial charge is 0.480 e. The topological polar surface area (TPSA) is 95.7 Å². The number of hydrogen-bond donors (Lipinski definition) is 2. The first-order chi connectivity index (χ1) is 8.31. The van der Waals surface area contributed by atoms with Crippen molar-refractivity contribution in [1.82, 2.24) is 14.7 Å². The lowest BCUT2D eigenvalue weighted by Crippen LogP contribution is -2.34. The van der Waals surface area contributed by atoms with Gasteiger partial charge in [0.25, 0.3) is 0 Å². The van der Waals surface area contributed by atoms with Crippen LogP contribution < -0.4 is 0 Å². The Morgan fingerprint density at radius 3 is 2.17 bits per heavy atom. The second kappa shape index (κ2) is 5.96. The lowest BCUT2D eigenvalue weighted by atomic mass is 10.3. The minimum Gasteiger partial charge on any atom is -0.480 e. The number of halogens is 1. The number of rotatable bonds is 6. The van der Waals surface area contributed by atoms with Gasteiger partial charge in [-0.25, -0.2) is 0 Å². The zero-order valence-corrected chi connectivity index (χ0v) is 11.6. The van der Waals surface area contributed by atoms with E-state index in [1.54, 1.807) is 11.7 Å². The molecule has 0 aromatic carbocycles. The highest BCUT2D eigenvalue weighted by molar-refractivity contribution is 9.10. The van der Waals surface area contributed by atoms with Crippen LogP contribution in [0.5, 0.6) is 0 Å². The zero-order valence-electron chi connectivity index (χ0n) is 10.1. The molecule has 0 bridgehead atoms. The lowest BCUT2D eigenvalue weighted by molar-refractivity contribution is -0.142. The van der Waals surface area contributed by atoms with Gasteiger partial charge in [-0.15, -0.1) is 0 Å². The predicted octanol–water partition coefficient (Wildman–Crippen LogP) is 0.462. The van der Waals surface area contributed by atoms with E-state index in [1.807, 2.05) is 6.92 Å². The number of carbonyl (C=O) groups is 2. The van der Waals surface area contributed by atoms with Crippen LogP contribution in [0, 0.1) is 6.92 Å². The third kappa shape index (κ3) is 3.81. The number of nitrogens with zero attached hydrogens (tertiary/aromatic N) is 3. The maximum atomic E-state index is 10.7. The smallest absolute Gasteiger partial charge is 0.317 e. The summed E-state index contributed by atoms with van der Waals surface area (Å²) in [7, 11) is 1.73. The third-order valence-electron chi connectivity index (χ3n) is 2.35. The van der Waals surface area contributed by atoms with Crippen molar-refractivity contribution in [3.8, 4) is 0 Å². The SMILES string of the molecule is Cc1nn(C)c(CN(CC(=O)O)CC(=O)O)c1Br. The van der Waals surface area contributed by atoms with Crippen LogP contribution in [0.2, 0.25) is 0 Å². The zero-order chi connectivity index (χ0) is 13.9. The first kappa shape index (κ1) is 14.7. The molecule has 0 radical (unpaired) electrons. The van der Waals surface area contributed by atoms with Gasteiger partial charge in [-0.1, -0.05) is 0 Å².